The number of carbonyl (C=O) groups excluding carboxylic acids is 1. The van der Waals surface area contributed by atoms with Gasteiger partial charge >= 0.3 is 0 Å². The van der Waals surface area contributed by atoms with Gasteiger partial charge in [0.2, 0.25) is 0 Å². The van der Waals surface area contributed by atoms with E-state index in [9.17, 15) is 14.9 Å². The first-order valence-corrected chi connectivity index (χ1v) is 12.1. The van der Waals surface area contributed by atoms with E-state index in [1.807, 2.05) is 19.9 Å². The Labute approximate surface area is 199 Å². The summed E-state index contributed by atoms with van der Waals surface area (Å²) in [5.41, 5.74) is 1.03. The standard InChI is InChI=1S/C23H30N4O3S2/c1-13(2)7-8-27-22(29)19(32-23(27)31)9-17-16(5)18(10-24)21(28)25(6)20(17)26-11-14(3)30-15(4)12-26/h9,13-15H,7-8,11-12H2,1-6H3/b19-9-/t14-,15+. The van der Waals surface area contributed by atoms with Crippen molar-refractivity contribution in [2.75, 3.05) is 24.5 Å². The molecule has 1 aromatic rings. The van der Waals surface area contributed by atoms with Gasteiger partial charge in [-0.25, -0.2) is 0 Å². The fourth-order valence-electron chi connectivity index (χ4n) is 4.16. The van der Waals surface area contributed by atoms with Crippen LogP contribution in [-0.4, -0.2) is 51.5 Å². The predicted molar refractivity (Wildman–Crippen MR) is 133 cm³/mol. The molecular weight excluding hydrogens is 444 g/mol. The lowest BCUT2D eigenvalue weighted by Crippen LogP contribution is -2.47. The summed E-state index contributed by atoms with van der Waals surface area (Å²) in [5.74, 6) is 1.03. The zero-order chi connectivity index (χ0) is 23.7. The zero-order valence-corrected chi connectivity index (χ0v) is 21.1. The molecule has 0 saturated carbocycles. The molecule has 0 spiro atoms. The average molecular weight is 475 g/mol. The minimum atomic E-state index is -0.339. The maximum Gasteiger partial charge on any atom is 0.270 e. The number of thioether (sulfide) groups is 1. The van der Waals surface area contributed by atoms with Crippen molar-refractivity contribution in [3.8, 4) is 6.07 Å². The molecule has 3 rings (SSSR count). The summed E-state index contributed by atoms with van der Waals surface area (Å²) in [6.07, 6.45) is 2.65. The number of ether oxygens (including phenoxy) is 1. The van der Waals surface area contributed by atoms with Crippen LogP contribution >= 0.6 is 24.0 Å². The van der Waals surface area contributed by atoms with Crippen molar-refractivity contribution in [2.45, 2.75) is 53.2 Å². The highest BCUT2D eigenvalue weighted by atomic mass is 32.2. The molecule has 0 bridgehead atoms. The van der Waals surface area contributed by atoms with Gasteiger partial charge in [-0.05, 0) is 44.7 Å². The number of carbonyl (C=O) groups is 1. The topological polar surface area (TPSA) is 78.6 Å². The number of hydrogen-bond donors (Lipinski definition) is 0. The lowest BCUT2D eigenvalue weighted by atomic mass is 10.0. The van der Waals surface area contributed by atoms with Crippen LogP contribution in [-0.2, 0) is 16.6 Å². The van der Waals surface area contributed by atoms with E-state index in [4.69, 9.17) is 17.0 Å². The van der Waals surface area contributed by atoms with Gasteiger partial charge in [-0.15, -0.1) is 0 Å². The molecule has 2 atom stereocenters. The Morgan fingerprint density at radius 3 is 2.47 bits per heavy atom. The molecule has 0 N–H and O–H groups in total. The molecule has 172 valence electrons. The molecule has 0 aromatic carbocycles. The molecule has 2 aliphatic heterocycles. The second-order valence-corrected chi connectivity index (χ2v) is 10.6. The fraction of sp³-hybridized carbons (Fsp3) is 0.565. The lowest BCUT2D eigenvalue weighted by Gasteiger charge is -2.38. The number of hydrogen-bond acceptors (Lipinski definition) is 7. The molecule has 0 radical (unpaired) electrons. The number of pyridine rings is 1. The third kappa shape index (κ3) is 4.77. The largest absolute Gasteiger partial charge is 0.372 e. The van der Waals surface area contributed by atoms with Gasteiger partial charge in [-0.3, -0.25) is 19.1 Å². The van der Waals surface area contributed by atoms with Crippen molar-refractivity contribution < 1.29 is 9.53 Å². The van der Waals surface area contributed by atoms with E-state index in [-0.39, 0.29) is 29.2 Å². The summed E-state index contributed by atoms with van der Waals surface area (Å²) in [5, 5.41) is 9.63. The maximum absolute atomic E-state index is 13.1. The van der Waals surface area contributed by atoms with Crippen LogP contribution in [0.4, 0.5) is 5.82 Å². The van der Waals surface area contributed by atoms with Crippen molar-refractivity contribution in [2.24, 2.45) is 13.0 Å². The van der Waals surface area contributed by atoms with Crippen molar-refractivity contribution >= 4 is 46.1 Å². The summed E-state index contributed by atoms with van der Waals surface area (Å²) < 4.78 is 7.93. The quantitative estimate of drug-likeness (QED) is 0.478. The lowest BCUT2D eigenvalue weighted by molar-refractivity contribution is -0.122. The van der Waals surface area contributed by atoms with Crippen LogP contribution in [0.3, 0.4) is 0 Å². The molecule has 0 unspecified atom stereocenters. The molecule has 0 aliphatic carbocycles. The van der Waals surface area contributed by atoms with E-state index in [0.29, 0.717) is 51.7 Å². The van der Waals surface area contributed by atoms with Crippen LogP contribution < -0.4 is 10.5 Å². The smallest absolute Gasteiger partial charge is 0.270 e. The molecule has 1 amide bonds. The summed E-state index contributed by atoms with van der Waals surface area (Å²) >= 11 is 6.74. The van der Waals surface area contributed by atoms with E-state index in [1.54, 1.807) is 24.9 Å². The van der Waals surface area contributed by atoms with Crippen molar-refractivity contribution in [1.29, 1.82) is 5.26 Å². The number of morpholine rings is 1. The minimum absolute atomic E-state index is 0.00750. The third-order valence-corrected chi connectivity index (χ3v) is 7.14. The molecule has 3 heterocycles. The maximum atomic E-state index is 13.1. The van der Waals surface area contributed by atoms with Gasteiger partial charge in [-0.1, -0.05) is 37.8 Å². The first kappa shape index (κ1) is 24.5. The monoisotopic (exact) mass is 474 g/mol. The first-order valence-electron chi connectivity index (χ1n) is 10.8. The predicted octanol–water partition coefficient (Wildman–Crippen LogP) is 3.43. The number of rotatable bonds is 5. The SMILES string of the molecule is Cc1c(/C=C2\SC(=S)N(CCC(C)C)C2=O)c(N2C[C@@H](C)O[C@@H](C)C2)n(C)c(=O)c1C#N. The van der Waals surface area contributed by atoms with Crippen LogP contribution in [0.15, 0.2) is 9.70 Å². The number of amides is 1. The summed E-state index contributed by atoms with van der Waals surface area (Å²) in [4.78, 5) is 30.3. The molecule has 32 heavy (non-hydrogen) atoms. The highest BCUT2D eigenvalue weighted by Gasteiger charge is 2.33. The van der Waals surface area contributed by atoms with E-state index in [1.165, 1.54) is 16.3 Å². The summed E-state index contributed by atoms with van der Waals surface area (Å²) in [6.45, 7) is 11.8. The molecule has 7 nitrogen and oxygen atoms in total. The van der Waals surface area contributed by atoms with Crippen LogP contribution in [0.25, 0.3) is 6.08 Å². The van der Waals surface area contributed by atoms with Gasteiger partial charge in [0, 0.05) is 32.2 Å². The van der Waals surface area contributed by atoms with Gasteiger partial charge < -0.3 is 9.64 Å². The third-order valence-electron chi connectivity index (χ3n) is 5.77. The molecule has 2 saturated heterocycles. The fourth-order valence-corrected chi connectivity index (χ4v) is 5.45. The normalized spacial score (nSPS) is 22.9. The molecule has 9 heteroatoms. The number of thiocarbonyl (C=S) groups is 1. The van der Waals surface area contributed by atoms with Gasteiger partial charge in [-0.2, -0.15) is 5.26 Å². The number of aromatic nitrogens is 1. The van der Waals surface area contributed by atoms with Crippen LogP contribution in [0.2, 0.25) is 0 Å². The van der Waals surface area contributed by atoms with Crippen molar-refractivity contribution in [3.63, 3.8) is 0 Å². The number of nitrogens with zero attached hydrogens (tertiary/aromatic N) is 4. The highest BCUT2D eigenvalue weighted by molar-refractivity contribution is 8.26. The van der Waals surface area contributed by atoms with Gasteiger partial charge in [0.25, 0.3) is 11.5 Å². The second-order valence-electron chi connectivity index (χ2n) is 8.89. The molecular formula is C23H30N4O3S2. The Morgan fingerprint density at radius 1 is 1.28 bits per heavy atom. The first-order chi connectivity index (χ1) is 15.0. The highest BCUT2D eigenvalue weighted by Crippen LogP contribution is 2.36. The van der Waals surface area contributed by atoms with E-state index in [0.717, 1.165) is 6.42 Å². The van der Waals surface area contributed by atoms with Crippen LogP contribution in [0, 0.1) is 24.2 Å². The van der Waals surface area contributed by atoms with E-state index >= 15 is 0 Å². The Balaban J connectivity index is 2.12. The van der Waals surface area contributed by atoms with Gasteiger partial charge in [0.05, 0.1) is 17.1 Å². The minimum Gasteiger partial charge on any atom is -0.372 e. The van der Waals surface area contributed by atoms with E-state index < -0.39 is 0 Å². The zero-order valence-electron chi connectivity index (χ0n) is 19.5. The number of nitriles is 1. The van der Waals surface area contributed by atoms with Crippen LogP contribution in [0.1, 0.15) is 50.8 Å². The average Bonchev–Trinajstić information content (AvgIpc) is 2.97. The summed E-state index contributed by atoms with van der Waals surface area (Å²) in [6, 6.07) is 2.05. The van der Waals surface area contributed by atoms with Gasteiger partial charge in [0.15, 0.2) is 0 Å². The number of anilines is 1. The Kier molecular flexibility index (Phi) is 7.48. The molecule has 2 aliphatic rings. The van der Waals surface area contributed by atoms with Crippen molar-refractivity contribution in [1.82, 2.24) is 9.47 Å². The summed E-state index contributed by atoms with van der Waals surface area (Å²) in [7, 11) is 1.67. The van der Waals surface area contributed by atoms with E-state index in [2.05, 4.69) is 18.7 Å². The van der Waals surface area contributed by atoms with Gasteiger partial charge in [0.1, 0.15) is 21.8 Å². The Bertz CT molecular complexity index is 1060. The Hall–Kier alpha value is -2.15. The molecule has 1 aromatic heterocycles. The van der Waals surface area contributed by atoms with Crippen molar-refractivity contribution in [3.05, 3.63) is 31.9 Å². The molecule has 2 fully saturated rings. The Morgan fingerprint density at radius 2 is 1.91 bits per heavy atom. The van der Waals surface area contributed by atoms with Crippen LogP contribution in [0.5, 0.6) is 0 Å². The second kappa shape index (κ2) is 9.77.